The third-order valence-electron chi connectivity index (χ3n) is 3.38. The third-order valence-corrected chi connectivity index (χ3v) is 3.38. The molecule has 0 heterocycles. The fourth-order valence-electron chi connectivity index (χ4n) is 2.32. The molecule has 0 atom stereocenters. The summed E-state index contributed by atoms with van der Waals surface area (Å²) in [7, 11) is 0. The first kappa shape index (κ1) is 13.5. The minimum atomic E-state index is -0.424. The van der Waals surface area contributed by atoms with Gasteiger partial charge in [0.2, 0.25) is 0 Å². The Hall–Kier alpha value is -1.91. The number of amides is 1. The highest BCUT2D eigenvalue weighted by molar-refractivity contribution is 5.67. The van der Waals surface area contributed by atoms with Crippen LogP contribution in [0.2, 0.25) is 0 Å². The first-order chi connectivity index (χ1) is 9.29. The number of benzene rings is 1. The highest BCUT2D eigenvalue weighted by Gasteiger charge is 2.16. The second kappa shape index (κ2) is 6.87. The monoisotopic (exact) mass is 262 g/mol. The normalized spacial score (nSPS) is 15.8. The Labute approximate surface area is 112 Å². The third kappa shape index (κ3) is 4.05. The van der Waals surface area contributed by atoms with Crippen LogP contribution in [-0.4, -0.2) is 12.1 Å². The Morgan fingerprint density at radius 3 is 2.74 bits per heavy atom. The molecule has 1 amide bonds. The Kier molecular flexibility index (Phi) is 4.89. The van der Waals surface area contributed by atoms with Crippen molar-refractivity contribution in [2.24, 2.45) is 5.18 Å². The van der Waals surface area contributed by atoms with Crippen molar-refractivity contribution < 1.29 is 9.53 Å². The lowest BCUT2D eigenvalue weighted by molar-refractivity contribution is 0.133. The maximum Gasteiger partial charge on any atom is 0.407 e. The van der Waals surface area contributed by atoms with Crippen molar-refractivity contribution in [1.82, 2.24) is 5.32 Å². The molecule has 0 unspecified atom stereocenters. The molecule has 0 saturated heterocycles. The van der Waals surface area contributed by atoms with Crippen molar-refractivity contribution in [3.8, 4) is 0 Å². The van der Waals surface area contributed by atoms with Crippen LogP contribution in [0.5, 0.6) is 0 Å². The summed E-state index contributed by atoms with van der Waals surface area (Å²) in [4.78, 5) is 22.2. The van der Waals surface area contributed by atoms with Crippen LogP contribution in [0.1, 0.15) is 37.7 Å². The molecule has 1 N–H and O–H groups in total. The lowest BCUT2D eigenvalue weighted by Gasteiger charge is -2.22. The van der Waals surface area contributed by atoms with Gasteiger partial charge in [-0.3, -0.25) is 0 Å². The molecule has 1 aliphatic carbocycles. The maximum absolute atomic E-state index is 11.6. The number of hydrogen-bond donors (Lipinski definition) is 1. The molecule has 5 nitrogen and oxygen atoms in total. The highest BCUT2D eigenvalue weighted by atomic mass is 16.5. The van der Waals surface area contributed by atoms with Gasteiger partial charge in [-0.2, -0.15) is 0 Å². The smallest absolute Gasteiger partial charge is 0.407 e. The molecule has 1 fully saturated rings. The summed E-state index contributed by atoms with van der Waals surface area (Å²) in [5.41, 5.74) is 0.935. The number of ether oxygens (including phenoxy) is 1. The number of nitroso groups, excluding NO2 is 1. The summed E-state index contributed by atoms with van der Waals surface area (Å²) in [6.45, 7) is 0.0699. The van der Waals surface area contributed by atoms with Gasteiger partial charge in [0.05, 0.1) is 0 Å². The van der Waals surface area contributed by atoms with Gasteiger partial charge in [0.15, 0.2) is 0 Å². The number of carbonyl (C=O) groups is 1. The van der Waals surface area contributed by atoms with Crippen LogP contribution in [0.3, 0.4) is 0 Å². The minimum absolute atomic E-state index is 0.0699. The Bertz CT molecular complexity index is 442. The molecule has 19 heavy (non-hydrogen) atoms. The van der Waals surface area contributed by atoms with Crippen LogP contribution in [0.15, 0.2) is 29.4 Å². The zero-order valence-electron chi connectivity index (χ0n) is 10.8. The van der Waals surface area contributed by atoms with Crippen LogP contribution < -0.4 is 5.32 Å². The van der Waals surface area contributed by atoms with Crippen molar-refractivity contribution in [2.45, 2.75) is 44.8 Å². The first-order valence-corrected chi connectivity index (χ1v) is 6.64. The molecule has 0 bridgehead atoms. The minimum Gasteiger partial charge on any atom is -0.445 e. The number of nitrogens with one attached hydrogen (secondary N) is 1. The van der Waals surface area contributed by atoms with E-state index in [1.165, 1.54) is 6.42 Å². The molecule has 1 aromatic carbocycles. The predicted octanol–water partition coefficient (Wildman–Crippen LogP) is 3.64. The van der Waals surface area contributed by atoms with Crippen molar-refractivity contribution in [1.29, 1.82) is 0 Å². The van der Waals surface area contributed by atoms with Crippen molar-refractivity contribution in [3.63, 3.8) is 0 Å². The summed E-state index contributed by atoms with van der Waals surface area (Å²) >= 11 is 0. The summed E-state index contributed by atoms with van der Waals surface area (Å²) < 4.78 is 5.12. The van der Waals surface area contributed by atoms with E-state index >= 15 is 0 Å². The molecular formula is C14H18N2O3. The number of rotatable bonds is 4. The second-order valence-corrected chi connectivity index (χ2v) is 4.78. The fraction of sp³-hybridized carbons (Fsp3) is 0.500. The van der Waals surface area contributed by atoms with E-state index in [4.69, 9.17) is 4.74 Å². The van der Waals surface area contributed by atoms with Gasteiger partial charge in [-0.05, 0) is 24.1 Å². The largest absolute Gasteiger partial charge is 0.445 e. The van der Waals surface area contributed by atoms with Gasteiger partial charge in [-0.15, -0.1) is 4.91 Å². The van der Waals surface area contributed by atoms with Crippen LogP contribution in [0.25, 0.3) is 0 Å². The lowest BCUT2D eigenvalue weighted by Crippen LogP contribution is -2.36. The van der Waals surface area contributed by atoms with Gasteiger partial charge in [-0.1, -0.05) is 37.5 Å². The summed E-state index contributed by atoms with van der Waals surface area (Å²) in [6, 6.07) is 7.06. The summed E-state index contributed by atoms with van der Waals surface area (Å²) in [5, 5.41) is 5.76. The van der Waals surface area contributed by atoms with Crippen LogP contribution >= 0.6 is 0 Å². The molecular weight excluding hydrogens is 244 g/mol. The topological polar surface area (TPSA) is 67.8 Å². The van der Waals surface area contributed by atoms with E-state index in [9.17, 15) is 9.70 Å². The van der Waals surface area contributed by atoms with Crippen LogP contribution in [0, 0.1) is 4.91 Å². The SMILES string of the molecule is O=Nc1ccccc1COC(=O)NC1CCCCC1. The van der Waals surface area contributed by atoms with E-state index in [2.05, 4.69) is 10.5 Å². The number of alkyl carbamates (subject to hydrolysis) is 1. The van der Waals surface area contributed by atoms with Crippen LogP contribution in [0.4, 0.5) is 10.5 Å². The number of carbonyl (C=O) groups excluding carboxylic acids is 1. The average Bonchev–Trinajstić information content (AvgIpc) is 2.46. The molecule has 0 aliphatic heterocycles. The van der Waals surface area contributed by atoms with E-state index in [0.29, 0.717) is 11.3 Å². The van der Waals surface area contributed by atoms with Crippen molar-refractivity contribution in [3.05, 3.63) is 34.7 Å². The van der Waals surface area contributed by atoms with E-state index in [1.54, 1.807) is 24.3 Å². The summed E-state index contributed by atoms with van der Waals surface area (Å²) in [5.74, 6) is 0. The van der Waals surface area contributed by atoms with Gasteiger partial charge in [-0.25, -0.2) is 4.79 Å². The number of hydrogen-bond acceptors (Lipinski definition) is 4. The van der Waals surface area contributed by atoms with E-state index in [-0.39, 0.29) is 12.6 Å². The Morgan fingerprint density at radius 2 is 2.00 bits per heavy atom. The van der Waals surface area contributed by atoms with Gasteiger partial charge in [0.25, 0.3) is 0 Å². The van der Waals surface area contributed by atoms with Gasteiger partial charge in [0, 0.05) is 11.6 Å². The number of nitrogens with zero attached hydrogens (tertiary/aromatic N) is 1. The maximum atomic E-state index is 11.6. The fourth-order valence-corrected chi connectivity index (χ4v) is 2.32. The molecule has 0 aromatic heterocycles. The molecule has 2 rings (SSSR count). The van der Waals surface area contributed by atoms with E-state index in [1.807, 2.05) is 0 Å². The molecule has 1 aromatic rings. The molecule has 0 radical (unpaired) electrons. The summed E-state index contributed by atoms with van der Waals surface area (Å²) in [6.07, 6.45) is 5.16. The van der Waals surface area contributed by atoms with Gasteiger partial charge < -0.3 is 10.1 Å². The van der Waals surface area contributed by atoms with Crippen molar-refractivity contribution in [2.75, 3.05) is 0 Å². The van der Waals surface area contributed by atoms with Gasteiger partial charge in [0.1, 0.15) is 12.3 Å². The zero-order chi connectivity index (χ0) is 13.5. The zero-order valence-corrected chi connectivity index (χ0v) is 10.8. The Morgan fingerprint density at radius 1 is 1.26 bits per heavy atom. The van der Waals surface area contributed by atoms with Gasteiger partial charge >= 0.3 is 6.09 Å². The molecule has 102 valence electrons. The van der Waals surface area contributed by atoms with E-state index < -0.39 is 6.09 Å². The van der Waals surface area contributed by atoms with Crippen molar-refractivity contribution >= 4 is 11.8 Å². The molecule has 5 heteroatoms. The molecule has 1 saturated carbocycles. The second-order valence-electron chi connectivity index (χ2n) is 4.78. The van der Waals surface area contributed by atoms with Crippen LogP contribution in [-0.2, 0) is 11.3 Å². The van der Waals surface area contributed by atoms with E-state index in [0.717, 1.165) is 25.7 Å². The quantitative estimate of drug-likeness (QED) is 0.842. The molecule has 1 aliphatic rings. The highest BCUT2D eigenvalue weighted by Crippen LogP contribution is 2.20. The standard InChI is InChI=1S/C14H18N2O3/c17-14(15-12-7-2-1-3-8-12)19-10-11-6-4-5-9-13(11)16-18/h4-6,9,12H,1-3,7-8,10H2,(H,15,17). The average molecular weight is 262 g/mol. The first-order valence-electron chi connectivity index (χ1n) is 6.64. The lowest BCUT2D eigenvalue weighted by atomic mass is 9.96. The predicted molar refractivity (Wildman–Crippen MR) is 72.1 cm³/mol. The molecule has 0 spiro atoms. The Balaban J connectivity index is 1.81.